The van der Waals surface area contributed by atoms with Gasteiger partial charge in [0.25, 0.3) is 0 Å². The number of nitrogens with one attached hydrogen (secondary N) is 1. The van der Waals surface area contributed by atoms with Crippen molar-refractivity contribution in [2.45, 2.75) is 13.3 Å². The maximum atomic E-state index is 10.6. The highest BCUT2D eigenvalue weighted by molar-refractivity contribution is 5.84. The van der Waals surface area contributed by atoms with Gasteiger partial charge in [-0.2, -0.15) is 0 Å². The van der Waals surface area contributed by atoms with Crippen LogP contribution in [0.4, 0.5) is 5.82 Å². The smallest absolute Gasteiger partial charge is 0.356 e. The van der Waals surface area contributed by atoms with Gasteiger partial charge in [0, 0.05) is 6.54 Å². The van der Waals surface area contributed by atoms with Gasteiger partial charge >= 0.3 is 5.97 Å². The number of hydrogen-bond acceptors (Lipinski definition) is 4. The third kappa shape index (κ3) is 3.51. The van der Waals surface area contributed by atoms with Crippen molar-refractivity contribution in [1.29, 1.82) is 0 Å². The summed E-state index contributed by atoms with van der Waals surface area (Å²) >= 11 is 0. The minimum Gasteiger partial charge on any atom is -0.476 e. The first-order valence-electron chi connectivity index (χ1n) is 6.00. The summed E-state index contributed by atoms with van der Waals surface area (Å²) in [4.78, 5) is 18.4. The van der Waals surface area contributed by atoms with Crippen LogP contribution in [0.1, 0.15) is 21.6 Å². The van der Waals surface area contributed by atoms with Crippen molar-refractivity contribution in [3.8, 4) is 0 Å². The predicted molar refractivity (Wildman–Crippen MR) is 72.4 cm³/mol. The molecular weight excluding hydrogens is 242 g/mol. The zero-order valence-electron chi connectivity index (χ0n) is 10.6. The molecule has 2 aromatic rings. The maximum Gasteiger partial charge on any atom is 0.356 e. The van der Waals surface area contributed by atoms with Crippen molar-refractivity contribution >= 4 is 11.8 Å². The highest BCUT2D eigenvalue weighted by Gasteiger charge is 2.04. The van der Waals surface area contributed by atoms with Crippen molar-refractivity contribution in [3.63, 3.8) is 0 Å². The molecule has 0 radical (unpaired) electrons. The topological polar surface area (TPSA) is 75.1 Å². The van der Waals surface area contributed by atoms with Crippen LogP contribution in [0.15, 0.2) is 36.7 Å². The lowest BCUT2D eigenvalue weighted by Gasteiger charge is -2.07. The van der Waals surface area contributed by atoms with Gasteiger partial charge in [0.05, 0.1) is 12.4 Å². The number of aromatic carboxylic acids is 1. The molecule has 0 spiro atoms. The van der Waals surface area contributed by atoms with Gasteiger partial charge in [0.1, 0.15) is 5.82 Å². The zero-order valence-corrected chi connectivity index (χ0v) is 10.6. The predicted octanol–water partition coefficient (Wildman–Crippen LogP) is 2.14. The summed E-state index contributed by atoms with van der Waals surface area (Å²) in [5.74, 6) is -0.488. The molecule has 0 amide bonds. The van der Waals surface area contributed by atoms with E-state index in [1.54, 1.807) is 0 Å². The normalized spacial score (nSPS) is 10.2. The standard InChI is InChI=1S/C14H15N3O2/c1-10-4-2-3-5-11(10)6-7-15-13-9-16-12(8-17-13)14(18)19/h2-5,8-9H,6-7H2,1H3,(H,15,17)(H,18,19). The summed E-state index contributed by atoms with van der Waals surface area (Å²) in [5, 5.41) is 11.8. The number of carboxylic acids is 1. The first kappa shape index (κ1) is 13.0. The van der Waals surface area contributed by atoms with E-state index < -0.39 is 5.97 Å². The van der Waals surface area contributed by atoms with Crippen LogP contribution >= 0.6 is 0 Å². The van der Waals surface area contributed by atoms with E-state index in [0.29, 0.717) is 5.82 Å². The largest absolute Gasteiger partial charge is 0.476 e. The van der Waals surface area contributed by atoms with Crippen LogP contribution in [0.3, 0.4) is 0 Å². The Morgan fingerprint density at radius 2 is 2.05 bits per heavy atom. The summed E-state index contributed by atoms with van der Waals surface area (Å²) in [6.07, 6.45) is 3.56. The molecule has 0 aliphatic carbocycles. The highest BCUT2D eigenvalue weighted by atomic mass is 16.4. The van der Waals surface area contributed by atoms with E-state index in [-0.39, 0.29) is 5.69 Å². The number of anilines is 1. The summed E-state index contributed by atoms with van der Waals surface area (Å²) < 4.78 is 0. The van der Waals surface area contributed by atoms with E-state index in [2.05, 4.69) is 34.3 Å². The van der Waals surface area contributed by atoms with Gasteiger partial charge in [-0.3, -0.25) is 0 Å². The second kappa shape index (κ2) is 5.95. The number of aryl methyl sites for hydroxylation is 1. The lowest BCUT2D eigenvalue weighted by atomic mass is 10.1. The molecule has 2 N–H and O–H groups in total. The molecule has 0 aliphatic rings. The number of rotatable bonds is 5. The van der Waals surface area contributed by atoms with Gasteiger partial charge in [0.15, 0.2) is 5.69 Å². The fraction of sp³-hybridized carbons (Fsp3) is 0.214. The van der Waals surface area contributed by atoms with Crippen molar-refractivity contribution in [1.82, 2.24) is 9.97 Å². The molecule has 0 bridgehead atoms. The second-order valence-electron chi connectivity index (χ2n) is 4.20. The van der Waals surface area contributed by atoms with Crippen LogP contribution in [-0.2, 0) is 6.42 Å². The minimum absolute atomic E-state index is 0.0514. The lowest BCUT2D eigenvalue weighted by Crippen LogP contribution is -2.09. The number of carboxylic acid groups (broad SMARTS) is 1. The summed E-state index contributed by atoms with van der Waals surface area (Å²) in [6.45, 7) is 2.81. The third-order valence-electron chi connectivity index (χ3n) is 2.83. The molecular formula is C14H15N3O2. The lowest BCUT2D eigenvalue weighted by molar-refractivity contribution is 0.0690. The van der Waals surface area contributed by atoms with Gasteiger partial charge in [0.2, 0.25) is 0 Å². The minimum atomic E-state index is -1.07. The van der Waals surface area contributed by atoms with Crippen LogP contribution in [0.2, 0.25) is 0 Å². The molecule has 5 nitrogen and oxygen atoms in total. The van der Waals surface area contributed by atoms with Crippen molar-refractivity contribution in [2.24, 2.45) is 0 Å². The molecule has 0 fully saturated rings. The molecule has 2 rings (SSSR count). The third-order valence-corrected chi connectivity index (χ3v) is 2.83. The molecule has 5 heteroatoms. The second-order valence-corrected chi connectivity index (χ2v) is 4.20. The van der Waals surface area contributed by atoms with E-state index >= 15 is 0 Å². The van der Waals surface area contributed by atoms with Gasteiger partial charge in [-0.15, -0.1) is 0 Å². The fourth-order valence-corrected chi connectivity index (χ4v) is 1.75. The Bertz CT molecular complexity index is 567. The average molecular weight is 257 g/mol. The number of carbonyl (C=O) groups is 1. The van der Waals surface area contributed by atoms with Crippen LogP contribution in [0.5, 0.6) is 0 Å². The fourth-order valence-electron chi connectivity index (χ4n) is 1.75. The molecule has 0 unspecified atom stereocenters. The molecule has 98 valence electrons. The van der Waals surface area contributed by atoms with Crippen LogP contribution in [0.25, 0.3) is 0 Å². The van der Waals surface area contributed by atoms with Crippen molar-refractivity contribution in [2.75, 3.05) is 11.9 Å². The number of nitrogens with zero attached hydrogens (tertiary/aromatic N) is 2. The molecule has 1 heterocycles. The maximum absolute atomic E-state index is 10.6. The van der Waals surface area contributed by atoms with E-state index in [9.17, 15) is 4.79 Å². The molecule has 1 aromatic carbocycles. The van der Waals surface area contributed by atoms with Crippen molar-refractivity contribution in [3.05, 3.63) is 53.5 Å². The molecule has 0 saturated carbocycles. The van der Waals surface area contributed by atoms with Crippen molar-refractivity contribution < 1.29 is 9.90 Å². The Labute approximate surface area is 111 Å². The van der Waals surface area contributed by atoms with E-state index in [1.807, 2.05) is 12.1 Å². The molecule has 0 aliphatic heterocycles. The SMILES string of the molecule is Cc1ccccc1CCNc1cnc(C(=O)O)cn1. The highest BCUT2D eigenvalue weighted by Crippen LogP contribution is 2.08. The quantitative estimate of drug-likeness (QED) is 0.858. The Hall–Kier alpha value is -2.43. The van der Waals surface area contributed by atoms with E-state index in [4.69, 9.17) is 5.11 Å². The monoisotopic (exact) mass is 257 g/mol. The van der Waals surface area contributed by atoms with Crippen LogP contribution < -0.4 is 5.32 Å². The molecule has 0 atom stereocenters. The molecule has 1 aromatic heterocycles. The van der Waals surface area contributed by atoms with Gasteiger partial charge in [-0.25, -0.2) is 14.8 Å². The van der Waals surface area contributed by atoms with Gasteiger partial charge < -0.3 is 10.4 Å². The summed E-state index contributed by atoms with van der Waals surface area (Å²) in [6, 6.07) is 8.21. The average Bonchev–Trinajstić information content (AvgIpc) is 2.41. The Morgan fingerprint density at radius 3 is 2.68 bits per heavy atom. The zero-order chi connectivity index (χ0) is 13.7. The first-order valence-corrected chi connectivity index (χ1v) is 6.00. The van der Waals surface area contributed by atoms with Gasteiger partial charge in [-0.05, 0) is 24.5 Å². The van der Waals surface area contributed by atoms with E-state index in [1.165, 1.54) is 23.5 Å². The number of hydrogen-bond donors (Lipinski definition) is 2. The van der Waals surface area contributed by atoms with E-state index in [0.717, 1.165) is 13.0 Å². The van der Waals surface area contributed by atoms with Crippen LogP contribution in [-0.4, -0.2) is 27.6 Å². The number of benzene rings is 1. The summed E-state index contributed by atoms with van der Waals surface area (Å²) in [7, 11) is 0. The molecule has 0 saturated heterocycles. The Kier molecular flexibility index (Phi) is 4.07. The Morgan fingerprint density at radius 1 is 1.26 bits per heavy atom. The van der Waals surface area contributed by atoms with Crippen LogP contribution in [0, 0.1) is 6.92 Å². The molecule has 19 heavy (non-hydrogen) atoms. The summed E-state index contributed by atoms with van der Waals surface area (Å²) in [5.41, 5.74) is 2.49. The number of aromatic nitrogens is 2. The first-order chi connectivity index (χ1) is 9.16. The Balaban J connectivity index is 1.89. The van der Waals surface area contributed by atoms with Gasteiger partial charge in [-0.1, -0.05) is 24.3 Å².